The van der Waals surface area contributed by atoms with Gasteiger partial charge in [0.15, 0.2) is 6.61 Å². The van der Waals surface area contributed by atoms with Crippen LogP contribution in [0.15, 0.2) is 132 Å². The van der Waals surface area contributed by atoms with Crippen molar-refractivity contribution in [2.45, 2.75) is 19.4 Å². The maximum absolute atomic E-state index is 13.0. The van der Waals surface area contributed by atoms with Crippen LogP contribution in [0.2, 0.25) is 0 Å². The highest BCUT2D eigenvalue weighted by molar-refractivity contribution is 5.71. The summed E-state index contributed by atoms with van der Waals surface area (Å²) in [7, 11) is 0. The summed E-state index contributed by atoms with van der Waals surface area (Å²) >= 11 is 0. The number of aromatic nitrogens is 1. The largest absolute Gasteiger partial charge is 0.482 e. The van der Waals surface area contributed by atoms with Crippen LogP contribution in [-0.2, 0) is 16.1 Å². The van der Waals surface area contributed by atoms with Crippen molar-refractivity contribution in [1.82, 2.24) is 4.57 Å². The van der Waals surface area contributed by atoms with E-state index in [0.29, 0.717) is 18.9 Å². The van der Waals surface area contributed by atoms with E-state index in [1.807, 2.05) is 91.1 Å². The zero-order valence-electron chi connectivity index (χ0n) is 22.4. The van der Waals surface area contributed by atoms with E-state index in [4.69, 9.17) is 9.47 Å². The first-order valence-corrected chi connectivity index (χ1v) is 13.4. The van der Waals surface area contributed by atoms with Crippen molar-refractivity contribution in [2.75, 3.05) is 13.2 Å². The van der Waals surface area contributed by atoms with Gasteiger partial charge in [-0.3, -0.25) is 4.79 Å². The van der Waals surface area contributed by atoms with Crippen LogP contribution in [0.3, 0.4) is 0 Å². The van der Waals surface area contributed by atoms with Gasteiger partial charge < -0.3 is 14.0 Å². The Morgan fingerprint density at radius 3 is 2.05 bits per heavy atom. The minimum atomic E-state index is -0.399. The molecule has 0 unspecified atom stereocenters. The van der Waals surface area contributed by atoms with Gasteiger partial charge in [-0.25, -0.2) is 4.79 Å². The molecule has 0 saturated heterocycles. The Hall–Kier alpha value is -4.90. The first-order chi connectivity index (χ1) is 19.6. The molecule has 5 nitrogen and oxygen atoms in total. The van der Waals surface area contributed by atoms with Crippen molar-refractivity contribution in [1.29, 1.82) is 0 Å². The summed E-state index contributed by atoms with van der Waals surface area (Å²) in [5, 5.41) is 0. The van der Waals surface area contributed by atoms with Crippen LogP contribution in [0.4, 0.5) is 0 Å². The third kappa shape index (κ3) is 6.56. The molecule has 200 valence electrons. The molecule has 0 aliphatic rings. The number of carbonyl (C=O) groups is 1. The number of hydrogen-bond donors (Lipinski definition) is 0. The van der Waals surface area contributed by atoms with E-state index in [1.54, 1.807) is 17.6 Å². The Balaban J connectivity index is 1.41. The smallest absolute Gasteiger partial charge is 0.344 e. The second-order valence-corrected chi connectivity index (χ2v) is 9.50. The molecule has 5 rings (SSSR count). The number of pyridine rings is 1. The molecule has 0 saturated carbocycles. The van der Waals surface area contributed by atoms with Gasteiger partial charge in [0.1, 0.15) is 5.75 Å². The molecule has 4 aromatic carbocycles. The highest BCUT2D eigenvalue weighted by atomic mass is 16.6. The lowest BCUT2D eigenvalue weighted by Gasteiger charge is -2.20. The highest BCUT2D eigenvalue weighted by Gasteiger charge is 2.17. The van der Waals surface area contributed by atoms with Crippen LogP contribution >= 0.6 is 0 Å². The average Bonchev–Trinajstić information content (AvgIpc) is 2.99. The Morgan fingerprint density at radius 1 is 0.725 bits per heavy atom. The van der Waals surface area contributed by atoms with Gasteiger partial charge >= 0.3 is 5.97 Å². The SMILES string of the molecule is CCOC(=O)COc1cccc(-c2cccc(Cn3cc(C(c4ccccc4)c4ccccc4)ccc3=O)c2)c1. The number of ether oxygens (including phenoxy) is 2. The molecule has 0 radical (unpaired) electrons. The first kappa shape index (κ1) is 26.7. The zero-order valence-corrected chi connectivity index (χ0v) is 22.4. The summed E-state index contributed by atoms with van der Waals surface area (Å²) in [6.07, 6.45) is 1.98. The predicted octanol–water partition coefficient (Wildman–Crippen LogP) is 6.69. The molecule has 0 N–H and O–H groups in total. The van der Waals surface area contributed by atoms with Crippen LogP contribution in [0.1, 0.15) is 35.1 Å². The Kier molecular flexibility index (Phi) is 8.52. The van der Waals surface area contributed by atoms with Gasteiger partial charge in [0.05, 0.1) is 13.2 Å². The van der Waals surface area contributed by atoms with Crippen molar-refractivity contribution < 1.29 is 14.3 Å². The minimum Gasteiger partial charge on any atom is -0.482 e. The molecule has 0 amide bonds. The highest BCUT2D eigenvalue weighted by Crippen LogP contribution is 2.31. The first-order valence-electron chi connectivity index (χ1n) is 13.4. The zero-order chi connectivity index (χ0) is 27.7. The molecular weight excluding hydrogens is 498 g/mol. The summed E-state index contributed by atoms with van der Waals surface area (Å²) in [5.74, 6) is 0.204. The van der Waals surface area contributed by atoms with E-state index in [-0.39, 0.29) is 18.1 Å². The van der Waals surface area contributed by atoms with E-state index in [2.05, 4.69) is 30.3 Å². The predicted molar refractivity (Wildman–Crippen MR) is 158 cm³/mol. The topological polar surface area (TPSA) is 57.5 Å². The van der Waals surface area contributed by atoms with Crippen molar-refractivity contribution in [3.63, 3.8) is 0 Å². The van der Waals surface area contributed by atoms with E-state index >= 15 is 0 Å². The molecule has 0 spiro atoms. The van der Waals surface area contributed by atoms with Gasteiger partial charge in [0.25, 0.3) is 5.56 Å². The van der Waals surface area contributed by atoms with E-state index in [0.717, 1.165) is 22.3 Å². The fourth-order valence-electron chi connectivity index (χ4n) is 4.87. The molecule has 1 aromatic heterocycles. The number of nitrogens with zero attached hydrogens (tertiary/aromatic N) is 1. The molecule has 40 heavy (non-hydrogen) atoms. The lowest BCUT2D eigenvalue weighted by molar-refractivity contribution is -0.145. The number of carbonyl (C=O) groups excluding carboxylic acids is 1. The lowest BCUT2D eigenvalue weighted by Crippen LogP contribution is -2.21. The summed E-state index contributed by atoms with van der Waals surface area (Å²) in [6.45, 7) is 2.39. The summed E-state index contributed by atoms with van der Waals surface area (Å²) < 4.78 is 12.3. The molecule has 5 heteroatoms. The molecular formula is C35H31NO4. The second kappa shape index (κ2) is 12.8. The average molecular weight is 530 g/mol. The van der Waals surface area contributed by atoms with Crippen molar-refractivity contribution >= 4 is 5.97 Å². The summed E-state index contributed by atoms with van der Waals surface area (Å²) in [6, 6.07) is 40.0. The molecule has 0 bridgehead atoms. The molecule has 0 aliphatic carbocycles. The van der Waals surface area contributed by atoms with Crippen LogP contribution in [0.5, 0.6) is 5.75 Å². The van der Waals surface area contributed by atoms with E-state index < -0.39 is 5.97 Å². The normalized spacial score (nSPS) is 10.8. The van der Waals surface area contributed by atoms with Crippen molar-refractivity contribution in [3.05, 3.63) is 160 Å². The monoisotopic (exact) mass is 529 g/mol. The molecule has 0 aliphatic heterocycles. The summed E-state index contributed by atoms with van der Waals surface area (Å²) in [4.78, 5) is 24.6. The quantitative estimate of drug-likeness (QED) is 0.189. The number of rotatable bonds is 10. The maximum atomic E-state index is 13.0. The fraction of sp³-hybridized carbons (Fsp3) is 0.143. The van der Waals surface area contributed by atoms with Gasteiger partial charge in [-0.1, -0.05) is 97.1 Å². The third-order valence-electron chi connectivity index (χ3n) is 6.71. The lowest BCUT2D eigenvalue weighted by atomic mass is 9.86. The molecule has 1 heterocycles. The maximum Gasteiger partial charge on any atom is 0.344 e. The molecule has 5 aromatic rings. The van der Waals surface area contributed by atoms with Gasteiger partial charge in [-0.15, -0.1) is 0 Å². The number of hydrogen-bond acceptors (Lipinski definition) is 4. The van der Waals surface area contributed by atoms with Gasteiger partial charge in [-0.05, 0) is 58.5 Å². The number of benzene rings is 4. The van der Waals surface area contributed by atoms with Gasteiger partial charge in [0.2, 0.25) is 0 Å². The Labute approximate surface area is 234 Å². The number of esters is 1. The summed E-state index contributed by atoms with van der Waals surface area (Å²) in [5.41, 5.74) is 6.30. The van der Waals surface area contributed by atoms with Crippen LogP contribution in [0, 0.1) is 0 Å². The fourth-order valence-corrected chi connectivity index (χ4v) is 4.87. The molecule has 0 fully saturated rings. The van der Waals surface area contributed by atoms with Crippen molar-refractivity contribution in [3.8, 4) is 16.9 Å². The van der Waals surface area contributed by atoms with Crippen molar-refractivity contribution in [2.24, 2.45) is 0 Å². The second-order valence-electron chi connectivity index (χ2n) is 9.50. The van der Waals surface area contributed by atoms with Crippen LogP contribution in [0.25, 0.3) is 11.1 Å². The Bertz CT molecular complexity index is 1590. The van der Waals surface area contributed by atoms with Gasteiger partial charge in [-0.2, -0.15) is 0 Å². The van der Waals surface area contributed by atoms with Crippen LogP contribution in [-0.4, -0.2) is 23.8 Å². The molecule has 0 atom stereocenters. The van der Waals surface area contributed by atoms with E-state index in [9.17, 15) is 9.59 Å². The Morgan fingerprint density at radius 2 is 1.38 bits per heavy atom. The minimum absolute atomic E-state index is 0.0120. The van der Waals surface area contributed by atoms with Crippen LogP contribution < -0.4 is 10.3 Å². The standard InChI is InChI=1S/C35H31NO4/c1-2-39-34(38)25-40-32-18-10-17-30(22-32)29-16-9-11-26(21-29)23-36-24-31(19-20-33(36)37)35(27-12-5-3-6-13-27)28-14-7-4-8-15-28/h3-22,24,35H,2,23,25H2,1H3. The van der Waals surface area contributed by atoms with E-state index in [1.165, 1.54) is 11.1 Å². The third-order valence-corrected chi connectivity index (χ3v) is 6.71. The van der Waals surface area contributed by atoms with Gasteiger partial charge in [0, 0.05) is 18.2 Å².